The minimum atomic E-state index is 0.412. The van der Waals surface area contributed by atoms with E-state index in [0.29, 0.717) is 11.3 Å². The van der Waals surface area contributed by atoms with E-state index in [0.717, 1.165) is 16.6 Å². The van der Waals surface area contributed by atoms with Gasteiger partial charge in [-0.05, 0) is 11.6 Å². The molecule has 0 atom stereocenters. The Kier molecular flexibility index (Phi) is 2.19. The molecule has 4 heteroatoms. The number of fused-ring (bicyclic) bond motifs is 1. The van der Waals surface area contributed by atoms with Gasteiger partial charge in [0.05, 0.1) is 5.52 Å². The predicted octanol–water partition coefficient (Wildman–Crippen LogP) is 2.27. The molecule has 82 valence electrons. The number of anilines is 1. The van der Waals surface area contributed by atoms with E-state index in [1.54, 1.807) is 6.20 Å². The highest BCUT2D eigenvalue weighted by Crippen LogP contribution is 2.22. The molecule has 2 N–H and O–H groups in total. The molecule has 0 spiro atoms. The van der Waals surface area contributed by atoms with Crippen LogP contribution in [0.25, 0.3) is 22.2 Å². The van der Waals surface area contributed by atoms with Gasteiger partial charge in [0, 0.05) is 11.8 Å². The molecule has 2 aromatic heterocycles. The first-order valence-corrected chi connectivity index (χ1v) is 5.26. The van der Waals surface area contributed by atoms with E-state index in [2.05, 4.69) is 15.0 Å². The summed E-state index contributed by atoms with van der Waals surface area (Å²) in [5, 5.41) is 0. The minimum Gasteiger partial charge on any atom is -0.382 e. The second kappa shape index (κ2) is 3.83. The van der Waals surface area contributed by atoms with Crippen LogP contribution >= 0.6 is 0 Å². The van der Waals surface area contributed by atoms with E-state index < -0.39 is 0 Å². The third kappa shape index (κ3) is 1.69. The Bertz CT molecular complexity index is 665. The third-order valence-electron chi connectivity index (χ3n) is 2.61. The van der Waals surface area contributed by atoms with Crippen LogP contribution in [-0.2, 0) is 0 Å². The Morgan fingerprint density at radius 3 is 2.53 bits per heavy atom. The third-order valence-corrected chi connectivity index (χ3v) is 2.61. The number of nitrogen functional groups attached to an aromatic ring is 1. The van der Waals surface area contributed by atoms with Crippen LogP contribution < -0.4 is 5.73 Å². The molecular formula is C13H10N4. The molecular weight excluding hydrogens is 212 g/mol. The van der Waals surface area contributed by atoms with Gasteiger partial charge >= 0.3 is 0 Å². The second-order valence-corrected chi connectivity index (χ2v) is 3.72. The van der Waals surface area contributed by atoms with Crippen molar-refractivity contribution < 1.29 is 0 Å². The van der Waals surface area contributed by atoms with Crippen molar-refractivity contribution in [1.29, 1.82) is 0 Å². The van der Waals surface area contributed by atoms with Gasteiger partial charge in [-0.2, -0.15) is 0 Å². The lowest BCUT2D eigenvalue weighted by Crippen LogP contribution is -1.95. The number of pyridine rings is 1. The van der Waals surface area contributed by atoms with Gasteiger partial charge in [-0.1, -0.05) is 30.3 Å². The van der Waals surface area contributed by atoms with Crippen LogP contribution in [0.4, 0.5) is 5.82 Å². The van der Waals surface area contributed by atoms with Crippen molar-refractivity contribution in [2.24, 2.45) is 0 Å². The Hall–Kier alpha value is -2.49. The SMILES string of the molecule is Nc1ncnc2cc(-c3ccccc3)cnc12. The van der Waals surface area contributed by atoms with Crippen molar-refractivity contribution >= 4 is 16.9 Å². The summed E-state index contributed by atoms with van der Waals surface area (Å²) in [6.07, 6.45) is 3.24. The number of nitrogens with two attached hydrogens (primary N) is 1. The Morgan fingerprint density at radius 2 is 1.71 bits per heavy atom. The van der Waals surface area contributed by atoms with Gasteiger partial charge in [0.25, 0.3) is 0 Å². The molecule has 0 amide bonds. The summed E-state index contributed by atoms with van der Waals surface area (Å²) in [4.78, 5) is 12.4. The molecule has 0 saturated heterocycles. The normalized spacial score (nSPS) is 10.6. The molecule has 0 aliphatic rings. The first kappa shape index (κ1) is 9.72. The van der Waals surface area contributed by atoms with Crippen LogP contribution in [0.15, 0.2) is 48.9 Å². The number of hydrogen-bond acceptors (Lipinski definition) is 4. The number of hydrogen-bond donors (Lipinski definition) is 1. The fraction of sp³-hybridized carbons (Fsp3) is 0. The Morgan fingerprint density at radius 1 is 0.882 bits per heavy atom. The molecule has 17 heavy (non-hydrogen) atoms. The van der Waals surface area contributed by atoms with Crippen molar-refractivity contribution in [2.45, 2.75) is 0 Å². The summed E-state index contributed by atoms with van der Waals surface area (Å²) in [5.41, 5.74) is 9.27. The quantitative estimate of drug-likeness (QED) is 0.686. The van der Waals surface area contributed by atoms with Crippen LogP contribution in [0.2, 0.25) is 0 Å². The summed E-state index contributed by atoms with van der Waals surface area (Å²) in [7, 11) is 0. The number of nitrogens with zero attached hydrogens (tertiary/aromatic N) is 3. The lowest BCUT2D eigenvalue weighted by Gasteiger charge is -2.03. The molecule has 0 fully saturated rings. The molecule has 1 aromatic carbocycles. The number of rotatable bonds is 1. The smallest absolute Gasteiger partial charge is 0.153 e. The zero-order chi connectivity index (χ0) is 11.7. The van der Waals surface area contributed by atoms with Gasteiger partial charge in [0.1, 0.15) is 11.8 Å². The van der Waals surface area contributed by atoms with E-state index in [1.807, 2.05) is 36.4 Å². The summed E-state index contributed by atoms with van der Waals surface area (Å²) in [5.74, 6) is 0.412. The van der Waals surface area contributed by atoms with Crippen molar-refractivity contribution in [3.63, 3.8) is 0 Å². The average Bonchev–Trinajstić information content (AvgIpc) is 2.40. The molecule has 0 bridgehead atoms. The summed E-state index contributed by atoms with van der Waals surface area (Å²) < 4.78 is 0. The van der Waals surface area contributed by atoms with E-state index >= 15 is 0 Å². The van der Waals surface area contributed by atoms with Crippen molar-refractivity contribution in [1.82, 2.24) is 15.0 Å². The maximum Gasteiger partial charge on any atom is 0.153 e. The maximum atomic E-state index is 5.73. The zero-order valence-corrected chi connectivity index (χ0v) is 9.04. The molecule has 3 aromatic rings. The minimum absolute atomic E-state index is 0.412. The molecule has 0 unspecified atom stereocenters. The van der Waals surface area contributed by atoms with E-state index in [-0.39, 0.29) is 0 Å². The molecule has 0 saturated carbocycles. The Balaban J connectivity index is 2.21. The fourth-order valence-corrected chi connectivity index (χ4v) is 1.75. The summed E-state index contributed by atoms with van der Waals surface area (Å²) in [6.45, 7) is 0. The van der Waals surface area contributed by atoms with E-state index in [4.69, 9.17) is 5.73 Å². The maximum absolute atomic E-state index is 5.73. The second-order valence-electron chi connectivity index (χ2n) is 3.72. The van der Waals surface area contributed by atoms with E-state index in [9.17, 15) is 0 Å². The van der Waals surface area contributed by atoms with Crippen LogP contribution in [-0.4, -0.2) is 15.0 Å². The van der Waals surface area contributed by atoms with Gasteiger partial charge in [0.2, 0.25) is 0 Å². The van der Waals surface area contributed by atoms with Gasteiger partial charge in [-0.25, -0.2) is 9.97 Å². The largest absolute Gasteiger partial charge is 0.382 e. The summed E-state index contributed by atoms with van der Waals surface area (Å²) in [6, 6.07) is 12.0. The van der Waals surface area contributed by atoms with Crippen LogP contribution in [0.3, 0.4) is 0 Å². The molecule has 4 nitrogen and oxygen atoms in total. The van der Waals surface area contributed by atoms with Crippen LogP contribution in [0.5, 0.6) is 0 Å². The van der Waals surface area contributed by atoms with Crippen LogP contribution in [0, 0.1) is 0 Å². The average molecular weight is 222 g/mol. The molecule has 0 aliphatic heterocycles. The number of benzene rings is 1. The van der Waals surface area contributed by atoms with Gasteiger partial charge in [-0.15, -0.1) is 0 Å². The number of aromatic nitrogens is 3. The van der Waals surface area contributed by atoms with Crippen molar-refractivity contribution in [2.75, 3.05) is 5.73 Å². The predicted molar refractivity (Wildman–Crippen MR) is 67.2 cm³/mol. The monoisotopic (exact) mass is 222 g/mol. The topological polar surface area (TPSA) is 64.7 Å². The first-order valence-electron chi connectivity index (χ1n) is 5.26. The fourth-order valence-electron chi connectivity index (χ4n) is 1.75. The van der Waals surface area contributed by atoms with Crippen molar-refractivity contribution in [3.8, 4) is 11.1 Å². The zero-order valence-electron chi connectivity index (χ0n) is 9.04. The highest BCUT2D eigenvalue weighted by molar-refractivity contribution is 5.86. The van der Waals surface area contributed by atoms with Gasteiger partial charge in [-0.3, -0.25) is 4.98 Å². The van der Waals surface area contributed by atoms with Gasteiger partial charge < -0.3 is 5.73 Å². The standard InChI is InChI=1S/C13H10N4/c14-13-12-11(16-8-17-13)6-10(7-15-12)9-4-2-1-3-5-9/h1-8H,(H2,14,16,17). The molecule has 2 heterocycles. The lowest BCUT2D eigenvalue weighted by atomic mass is 10.1. The highest BCUT2D eigenvalue weighted by Gasteiger charge is 2.04. The van der Waals surface area contributed by atoms with E-state index in [1.165, 1.54) is 6.33 Å². The van der Waals surface area contributed by atoms with Crippen molar-refractivity contribution in [3.05, 3.63) is 48.9 Å². The molecule has 0 radical (unpaired) electrons. The first-order chi connectivity index (χ1) is 8.34. The van der Waals surface area contributed by atoms with Crippen LogP contribution in [0.1, 0.15) is 0 Å². The lowest BCUT2D eigenvalue weighted by molar-refractivity contribution is 1.21. The van der Waals surface area contributed by atoms with Gasteiger partial charge in [0.15, 0.2) is 5.82 Å². The highest BCUT2D eigenvalue weighted by atomic mass is 14.9. The summed E-state index contributed by atoms with van der Waals surface area (Å²) >= 11 is 0. The Labute approximate surface area is 98.2 Å². The molecule has 0 aliphatic carbocycles. The molecule has 3 rings (SSSR count).